The molecule has 0 bridgehead atoms. The van der Waals surface area contributed by atoms with Crippen molar-refractivity contribution in [3.63, 3.8) is 0 Å². The van der Waals surface area contributed by atoms with E-state index >= 15 is 0 Å². The monoisotopic (exact) mass is 463 g/mol. The first-order chi connectivity index (χ1) is 14.8. The molecule has 0 aromatic heterocycles. The highest BCUT2D eigenvalue weighted by Gasteiger charge is 2.31. The van der Waals surface area contributed by atoms with Crippen LogP contribution in [0.25, 0.3) is 0 Å². The Morgan fingerprint density at radius 1 is 0.719 bits per heavy atom. The van der Waals surface area contributed by atoms with E-state index in [1.807, 2.05) is 10.6 Å². The number of primary amides is 1. The number of amides is 4. The average Bonchev–Trinajstić information content (AvgIpc) is 2.66. The summed E-state index contributed by atoms with van der Waals surface area (Å²) in [7, 11) is 0. The molecule has 4 atom stereocenters. The second-order valence-corrected chi connectivity index (χ2v) is 6.51. The first-order valence-electron chi connectivity index (χ1n) is 9.00. The molecule has 0 aliphatic heterocycles. The fraction of sp³-hybridized carbons (Fsp3) is 0.562. The lowest BCUT2D eigenvalue weighted by Crippen LogP contribution is -2.58. The number of aliphatic hydroxyl groups is 1. The molecule has 180 valence electrons. The number of carbonyl (C=O) groups excluding carboxylic acids is 4. The molecule has 4 unspecified atom stereocenters. The molecule has 0 spiro atoms. The molecule has 0 aromatic carbocycles. The lowest BCUT2D eigenvalue weighted by atomic mass is 10.1. The van der Waals surface area contributed by atoms with Crippen molar-refractivity contribution in [1.82, 2.24) is 16.0 Å². The zero-order valence-corrected chi connectivity index (χ0v) is 16.6. The Morgan fingerprint density at radius 3 is 1.62 bits per heavy atom. The number of hydrogen-bond acceptors (Lipinski definition) is 9. The van der Waals surface area contributed by atoms with Crippen molar-refractivity contribution >= 4 is 41.5 Å². The van der Waals surface area contributed by atoms with Crippen molar-refractivity contribution in [2.75, 3.05) is 6.61 Å². The number of hydrogen-bond donors (Lipinski definition) is 9. The zero-order valence-electron chi connectivity index (χ0n) is 16.6. The summed E-state index contributed by atoms with van der Waals surface area (Å²) in [6.45, 7) is -1.02. The number of nitrogens with one attached hydrogen (secondary N) is 3. The number of aliphatic carboxylic acids is 3. The first-order valence-corrected chi connectivity index (χ1v) is 9.00. The van der Waals surface area contributed by atoms with Gasteiger partial charge in [0.05, 0.1) is 25.5 Å². The minimum Gasteiger partial charge on any atom is -0.481 e. The Kier molecular flexibility index (Phi) is 11.9. The van der Waals surface area contributed by atoms with Gasteiger partial charge in [0.2, 0.25) is 23.6 Å². The van der Waals surface area contributed by atoms with Crippen LogP contribution in [0.4, 0.5) is 0 Å². The fourth-order valence-electron chi connectivity index (χ4n) is 2.23. The molecule has 16 heteroatoms. The second-order valence-electron chi connectivity index (χ2n) is 6.51. The van der Waals surface area contributed by atoms with Crippen molar-refractivity contribution < 1.29 is 54.0 Å². The maximum Gasteiger partial charge on any atom is 0.328 e. The van der Waals surface area contributed by atoms with Crippen LogP contribution in [0, 0.1) is 0 Å². The number of rotatable bonds is 15. The average molecular weight is 463 g/mol. The third-order valence-electron chi connectivity index (χ3n) is 3.85. The van der Waals surface area contributed by atoms with E-state index in [0.717, 1.165) is 0 Å². The van der Waals surface area contributed by atoms with Crippen LogP contribution < -0.4 is 27.4 Å². The summed E-state index contributed by atoms with van der Waals surface area (Å²) in [4.78, 5) is 80.5. The number of carbonyl (C=O) groups is 7. The first kappa shape index (κ1) is 28.2. The van der Waals surface area contributed by atoms with E-state index in [-0.39, 0.29) is 0 Å². The fourth-order valence-corrected chi connectivity index (χ4v) is 2.23. The molecule has 11 N–H and O–H groups in total. The van der Waals surface area contributed by atoms with Gasteiger partial charge in [-0.25, -0.2) is 4.79 Å². The molecule has 0 fully saturated rings. The minimum atomic E-state index is -1.82. The lowest BCUT2D eigenvalue weighted by Gasteiger charge is -2.24. The number of carboxylic acids is 3. The van der Waals surface area contributed by atoms with E-state index < -0.39 is 98.0 Å². The van der Waals surface area contributed by atoms with Gasteiger partial charge in [-0.05, 0) is 6.42 Å². The van der Waals surface area contributed by atoms with Gasteiger partial charge in [0.25, 0.3) is 0 Å². The van der Waals surface area contributed by atoms with Crippen LogP contribution >= 0.6 is 0 Å². The van der Waals surface area contributed by atoms with Crippen LogP contribution in [0.2, 0.25) is 0 Å². The molecular formula is C16H25N5O11. The normalized spacial score (nSPS) is 14.2. The van der Waals surface area contributed by atoms with Crippen molar-refractivity contribution in [2.45, 2.75) is 49.9 Å². The molecule has 0 radical (unpaired) electrons. The van der Waals surface area contributed by atoms with Crippen LogP contribution in [0.15, 0.2) is 0 Å². The lowest BCUT2D eigenvalue weighted by molar-refractivity contribution is -0.144. The van der Waals surface area contributed by atoms with E-state index in [2.05, 4.69) is 5.32 Å². The van der Waals surface area contributed by atoms with Crippen molar-refractivity contribution in [1.29, 1.82) is 0 Å². The molecule has 0 saturated carbocycles. The predicted molar refractivity (Wildman–Crippen MR) is 101 cm³/mol. The van der Waals surface area contributed by atoms with Gasteiger partial charge in [0, 0.05) is 6.42 Å². The van der Waals surface area contributed by atoms with Crippen LogP contribution in [0.5, 0.6) is 0 Å². The van der Waals surface area contributed by atoms with Gasteiger partial charge < -0.3 is 47.8 Å². The number of aliphatic hydroxyl groups excluding tert-OH is 1. The van der Waals surface area contributed by atoms with E-state index in [1.54, 1.807) is 0 Å². The Morgan fingerprint density at radius 2 is 1.19 bits per heavy atom. The quantitative estimate of drug-likeness (QED) is 0.110. The largest absolute Gasteiger partial charge is 0.481 e. The SMILES string of the molecule is NC(=O)CCC(NC(=O)C(N)CC(=O)O)C(=O)NC(CC(=O)O)C(=O)NC(CO)C(=O)O. The van der Waals surface area contributed by atoms with Gasteiger partial charge in [-0.15, -0.1) is 0 Å². The molecule has 0 aliphatic carbocycles. The van der Waals surface area contributed by atoms with Crippen LogP contribution in [-0.2, 0) is 33.6 Å². The summed E-state index contributed by atoms with van der Waals surface area (Å²) in [5, 5.41) is 41.4. The molecule has 0 aromatic rings. The Bertz CT molecular complexity index is 757. The van der Waals surface area contributed by atoms with E-state index in [4.69, 9.17) is 31.9 Å². The highest BCUT2D eigenvalue weighted by molar-refractivity contribution is 5.96. The highest BCUT2D eigenvalue weighted by Crippen LogP contribution is 2.03. The third kappa shape index (κ3) is 10.8. The molecule has 0 rings (SSSR count). The van der Waals surface area contributed by atoms with Crippen LogP contribution in [0.1, 0.15) is 25.7 Å². The second kappa shape index (κ2) is 13.5. The smallest absolute Gasteiger partial charge is 0.328 e. The van der Waals surface area contributed by atoms with Crippen molar-refractivity contribution in [3.8, 4) is 0 Å². The molecule has 0 saturated heterocycles. The van der Waals surface area contributed by atoms with E-state index in [1.165, 1.54) is 0 Å². The minimum absolute atomic E-state index is 0.400. The summed E-state index contributed by atoms with van der Waals surface area (Å²) in [6.07, 6.45) is -2.60. The van der Waals surface area contributed by atoms with Gasteiger partial charge in [-0.1, -0.05) is 0 Å². The molecule has 4 amide bonds. The van der Waals surface area contributed by atoms with Gasteiger partial charge in [-0.3, -0.25) is 28.8 Å². The topological polar surface area (TPSA) is 289 Å². The summed E-state index contributed by atoms with van der Waals surface area (Å²) in [5.74, 6) is -8.94. The van der Waals surface area contributed by atoms with Crippen LogP contribution in [-0.4, -0.2) is 92.7 Å². The maximum atomic E-state index is 12.5. The van der Waals surface area contributed by atoms with Gasteiger partial charge >= 0.3 is 17.9 Å². The predicted octanol–water partition coefficient (Wildman–Crippen LogP) is -4.94. The van der Waals surface area contributed by atoms with Crippen molar-refractivity contribution in [2.24, 2.45) is 11.5 Å². The zero-order chi connectivity index (χ0) is 25.0. The molecule has 0 aliphatic rings. The third-order valence-corrected chi connectivity index (χ3v) is 3.85. The highest BCUT2D eigenvalue weighted by atomic mass is 16.4. The van der Waals surface area contributed by atoms with E-state index in [0.29, 0.717) is 0 Å². The van der Waals surface area contributed by atoms with Gasteiger partial charge in [0.1, 0.15) is 18.1 Å². The standard InChI is InChI=1S/C16H25N5O11/c17-6(3-11(24)25)13(28)19-7(1-2-10(18)23)14(29)20-8(4-12(26)27)15(30)21-9(5-22)16(31)32/h6-9,22H,1-5,17H2,(H2,18,23)(H,19,28)(H,20,29)(H,21,30)(H,24,25)(H,26,27)(H,31,32). The molecule has 0 heterocycles. The number of carboxylic acid groups (broad SMARTS) is 3. The van der Waals surface area contributed by atoms with E-state index in [9.17, 15) is 33.6 Å². The Labute approximate surface area is 180 Å². The Balaban J connectivity index is 5.51. The summed E-state index contributed by atoms with van der Waals surface area (Å²) in [6, 6.07) is -6.73. The molecule has 16 nitrogen and oxygen atoms in total. The Hall–Kier alpha value is -3.79. The van der Waals surface area contributed by atoms with Crippen LogP contribution in [0.3, 0.4) is 0 Å². The van der Waals surface area contributed by atoms with Gasteiger partial charge in [0.15, 0.2) is 0 Å². The van der Waals surface area contributed by atoms with Gasteiger partial charge in [-0.2, -0.15) is 0 Å². The molecular weight excluding hydrogens is 438 g/mol. The maximum absolute atomic E-state index is 12.5. The molecule has 32 heavy (non-hydrogen) atoms. The number of nitrogens with two attached hydrogens (primary N) is 2. The summed E-state index contributed by atoms with van der Waals surface area (Å²) >= 11 is 0. The van der Waals surface area contributed by atoms with Crippen molar-refractivity contribution in [3.05, 3.63) is 0 Å². The summed E-state index contributed by atoms with van der Waals surface area (Å²) < 4.78 is 0. The summed E-state index contributed by atoms with van der Waals surface area (Å²) in [5.41, 5.74) is 10.4.